The van der Waals surface area contributed by atoms with E-state index in [4.69, 9.17) is 0 Å². The third-order valence-electron chi connectivity index (χ3n) is 3.93. The summed E-state index contributed by atoms with van der Waals surface area (Å²) in [4.78, 5) is 27.0. The van der Waals surface area contributed by atoms with E-state index in [9.17, 15) is 9.59 Å². The number of fused-ring (bicyclic) bond motifs is 1. The first kappa shape index (κ1) is 16.6. The number of benzene rings is 2. The predicted octanol–water partition coefficient (Wildman–Crippen LogP) is 3.22. The Morgan fingerprint density at radius 3 is 2.67 bits per heavy atom. The Kier molecular flexibility index (Phi) is 5.54. The van der Waals surface area contributed by atoms with Gasteiger partial charge in [-0.2, -0.15) is 0 Å². The van der Waals surface area contributed by atoms with E-state index in [1.807, 2.05) is 54.6 Å². The Bertz CT molecular complexity index is 718. The van der Waals surface area contributed by atoms with Gasteiger partial charge in [0.25, 0.3) is 0 Å². The molecule has 0 spiro atoms. The number of carbonyl (C=O) groups excluding carboxylic acids is 2. The van der Waals surface area contributed by atoms with Crippen molar-refractivity contribution in [1.29, 1.82) is 0 Å². The van der Waals surface area contributed by atoms with Gasteiger partial charge in [0.05, 0.1) is 11.4 Å². The second-order valence-electron chi connectivity index (χ2n) is 5.67. The average Bonchev–Trinajstić information content (AvgIpc) is 2.63. The number of carbonyl (C=O) groups is 2. The summed E-state index contributed by atoms with van der Waals surface area (Å²) in [7, 11) is 0. The summed E-state index contributed by atoms with van der Waals surface area (Å²) in [6, 6.07) is 17.8. The van der Waals surface area contributed by atoms with Gasteiger partial charge in [-0.25, -0.2) is 0 Å². The van der Waals surface area contributed by atoms with Crippen LogP contribution in [-0.2, 0) is 16.1 Å². The maximum atomic E-state index is 12.1. The molecule has 3 rings (SSSR count). The topological polar surface area (TPSA) is 49.4 Å². The summed E-state index contributed by atoms with van der Waals surface area (Å²) in [5.41, 5.74) is 2.05. The molecule has 1 aliphatic rings. The highest BCUT2D eigenvalue weighted by Crippen LogP contribution is 2.34. The SMILES string of the molecule is O=C(CCCN1C(=O)CSc2ccccc21)NCc1ccccc1. The molecule has 1 aliphatic heterocycles. The zero-order valence-corrected chi connectivity index (χ0v) is 14.2. The zero-order valence-electron chi connectivity index (χ0n) is 13.4. The van der Waals surface area contributed by atoms with Crippen LogP contribution in [0.1, 0.15) is 18.4 Å². The first-order chi connectivity index (χ1) is 11.7. The monoisotopic (exact) mass is 340 g/mol. The van der Waals surface area contributed by atoms with Crippen molar-refractivity contribution in [3.8, 4) is 0 Å². The third kappa shape index (κ3) is 4.17. The average molecular weight is 340 g/mol. The molecule has 124 valence electrons. The molecule has 0 unspecified atom stereocenters. The lowest BCUT2D eigenvalue weighted by Crippen LogP contribution is -2.36. The lowest BCUT2D eigenvalue weighted by Gasteiger charge is -2.28. The molecule has 0 atom stereocenters. The summed E-state index contributed by atoms with van der Waals surface area (Å²) in [6.45, 7) is 1.12. The molecule has 2 aromatic rings. The minimum atomic E-state index is 0.0194. The fraction of sp³-hybridized carbons (Fsp3) is 0.263. The molecule has 1 N–H and O–H groups in total. The number of thioether (sulfide) groups is 1. The van der Waals surface area contributed by atoms with E-state index in [0.29, 0.717) is 31.7 Å². The molecule has 0 saturated heterocycles. The number of nitrogens with zero attached hydrogens (tertiary/aromatic N) is 1. The third-order valence-corrected chi connectivity index (χ3v) is 4.97. The molecule has 24 heavy (non-hydrogen) atoms. The van der Waals surface area contributed by atoms with Crippen LogP contribution in [-0.4, -0.2) is 24.1 Å². The fourth-order valence-electron chi connectivity index (χ4n) is 2.68. The van der Waals surface area contributed by atoms with Gasteiger partial charge in [-0.05, 0) is 24.1 Å². The Morgan fingerprint density at radius 2 is 1.83 bits per heavy atom. The summed E-state index contributed by atoms with van der Waals surface area (Å²) >= 11 is 1.58. The van der Waals surface area contributed by atoms with E-state index in [-0.39, 0.29) is 11.8 Å². The van der Waals surface area contributed by atoms with Crippen LogP contribution in [0.4, 0.5) is 5.69 Å². The normalized spacial score (nSPS) is 13.5. The Morgan fingerprint density at radius 1 is 1.08 bits per heavy atom. The lowest BCUT2D eigenvalue weighted by atomic mass is 10.2. The second-order valence-corrected chi connectivity index (χ2v) is 6.68. The van der Waals surface area contributed by atoms with Crippen LogP contribution in [0, 0.1) is 0 Å². The van der Waals surface area contributed by atoms with E-state index < -0.39 is 0 Å². The van der Waals surface area contributed by atoms with Crippen LogP contribution in [0.25, 0.3) is 0 Å². The molecule has 0 aliphatic carbocycles. The van der Waals surface area contributed by atoms with E-state index in [0.717, 1.165) is 16.1 Å². The smallest absolute Gasteiger partial charge is 0.237 e. The maximum Gasteiger partial charge on any atom is 0.237 e. The number of hydrogen-bond donors (Lipinski definition) is 1. The highest BCUT2D eigenvalue weighted by molar-refractivity contribution is 8.00. The van der Waals surface area contributed by atoms with Crippen LogP contribution < -0.4 is 10.2 Å². The minimum Gasteiger partial charge on any atom is -0.352 e. The number of rotatable bonds is 6. The van der Waals surface area contributed by atoms with Crippen molar-refractivity contribution in [1.82, 2.24) is 5.32 Å². The number of para-hydroxylation sites is 1. The van der Waals surface area contributed by atoms with Crippen molar-refractivity contribution < 1.29 is 9.59 Å². The van der Waals surface area contributed by atoms with Crippen molar-refractivity contribution >= 4 is 29.3 Å². The first-order valence-corrected chi connectivity index (χ1v) is 9.05. The molecule has 0 fully saturated rings. The van der Waals surface area contributed by atoms with E-state index in [1.54, 1.807) is 16.7 Å². The molecule has 0 radical (unpaired) electrons. The largest absolute Gasteiger partial charge is 0.352 e. The molecular formula is C19H20N2O2S. The summed E-state index contributed by atoms with van der Waals surface area (Å²) in [6.07, 6.45) is 1.08. The van der Waals surface area contributed by atoms with Gasteiger partial charge in [0.15, 0.2) is 0 Å². The maximum absolute atomic E-state index is 12.1. The van der Waals surface area contributed by atoms with E-state index in [2.05, 4.69) is 5.32 Å². The van der Waals surface area contributed by atoms with E-state index >= 15 is 0 Å². The number of amides is 2. The van der Waals surface area contributed by atoms with Crippen LogP contribution in [0.15, 0.2) is 59.5 Å². The summed E-state index contributed by atoms with van der Waals surface area (Å²) in [5, 5.41) is 2.92. The van der Waals surface area contributed by atoms with Crippen LogP contribution in [0.3, 0.4) is 0 Å². The molecule has 0 aromatic heterocycles. The number of hydrogen-bond acceptors (Lipinski definition) is 3. The Labute approximate surface area is 146 Å². The standard InChI is InChI=1S/C19H20N2O2S/c22-18(20-13-15-7-2-1-3-8-15)11-6-12-21-16-9-4-5-10-17(16)24-14-19(21)23/h1-5,7-10H,6,11-14H2,(H,20,22). The minimum absolute atomic E-state index is 0.0194. The van der Waals surface area contributed by atoms with Crippen LogP contribution in [0.5, 0.6) is 0 Å². The molecule has 2 aromatic carbocycles. The van der Waals surface area contributed by atoms with Gasteiger partial charge in [0, 0.05) is 24.4 Å². The molecule has 5 heteroatoms. The Hall–Kier alpha value is -2.27. The Balaban J connectivity index is 1.48. The zero-order chi connectivity index (χ0) is 16.8. The number of nitrogens with one attached hydrogen (secondary N) is 1. The van der Waals surface area contributed by atoms with Gasteiger partial charge in [-0.3, -0.25) is 9.59 Å². The molecule has 0 bridgehead atoms. The molecule has 0 saturated carbocycles. The molecular weight excluding hydrogens is 320 g/mol. The molecule has 2 amide bonds. The van der Waals surface area contributed by atoms with Crippen molar-refractivity contribution in [3.63, 3.8) is 0 Å². The van der Waals surface area contributed by atoms with Gasteiger partial charge < -0.3 is 10.2 Å². The summed E-state index contributed by atoms with van der Waals surface area (Å²) in [5.74, 6) is 0.603. The molecule has 4 nitrogen and oxygen atoms in total. The van der Waals surface area contributed by atoms with Gasteiger partial charge in [0.1, 0.15) is 0 Å². The van der Waals surface area contributed by atoms with Crippen molar-refractivity contribution in [3.05, 3.63) is 60.2 Å². The predicted molar refractivity (Wildman–Crippen MR) is 97.0 cm³/mol. The van der Waals surface area contributed by atoms with Crippen molar-refractivity contribution in [2.45, 2.75) is 24.3 Å². The molecule has 1 heterocycles. The highest BCUT2D eigenvalue weighted by atomic mass is 32.2. The van der Waals surface area contributed by atoms with Gasteiger partial charge in [-0.15, -0.1) is 11.8 Å². The first-order valence-electron chi connectivity index (χ1n) is 8.07. The second kappa shape index (κ2) is 8.02. The van der Waals surface area contributed by atoms with Gasteiger partial charge in [-0.1, -0.05) is 42.5 Å². The van der Waals surface area contributed by atoms with Crippen LogP contribution in [0.2, 0.25) is 0 Å². The fourth-order valence-corrected chi connectivity index (χ4v) is 3.62. The van der Waals surface area contributed by atoms with Gasteiger partial charge >= 0.3 is 0 Å². The highest BCUT2D eigenvalue weighted by Gasteiger charge is 2.23. The van der Waals surface area contributed by atoms with Gasteiger partial charge in [0.2, 0.25) is 11.8 Å². The van der Waals surface area contributed by atoms with E-state index in [1.165, 1.54) is 0 Å². The van der Waals surface area contributed by atoms with Crippen molar-refractivity contribution in [2.75, 3.05) is 17.2 Å². The summed E-state index contributed by atoms with van der Waals surface area (Å²) < 4.78 is 0. The quantitative estimate of drug-likeness (QED) is 0.878. The lowest BCUT2D eigenvalue weighted by molar-refractivity contribution is -0.121. The van der Waals surface area contributed by atoms with Crippen molar-refractivity contribution in [2.24, 2.45) is 0 Å². The number of anilines is 1. The van der Waals surface area contributed by atoms with Crippen LogP contribution >= 0.6 is 11.8 Å².